The topological polar surface area (TPSA) is 142 Å². The summed E-state index contributed by atoms with van der Waals surface area (Å²) >= 11 is 6.21. The number of phenolic OH excluding ortho intramolecular Hbond substituents is 1. The van der Waals surface area contributed by atoms with E-state index in [1.54, 1.807) is 24.3 Å². The number of rotatable bonds is 10. The first-order chi connectivity index (χ1) is 14.2. The molecule has 0 bridgehead atoms. The number of hydrogen-bond acceptors (Lipinski definition) is 5. The Bertz CT molecular complexity index is 977. The molecule has 1 atom stereocenters. The number of carbonyl (C=O) groups is 3. The van der Waals surface area contributed by atoms with Crippen LogP contribution in [-0.4, -0.2) is 34.0 Å². The number of primary amides is 1. The molecular formula is C21H22ClN3O5. The first kappa shape index (κ1) is 22.8. The third-order valence-electron chi connectivity index (χ3n) is 4.26. The lowest BCUT2D eigenvalue weighted by Gasteiger charge is -2.15. The molecule has 30 heavy (non-hydrogen) atoms. The number of aliphatic carboxylic acids is 1. The van der Waals surface area contributed by atoms with Gasteiger partial charge in [-0.15, -0.1) is 0 Å². The smallest absolute Gasteiger partial charge is 0.326 e. The van der Waals surface area contributed by atoms with Crippen LogP contribution in [0.15, 0.2) is 49.0 Å². The lowest BCUT2D eigenvalue weighted by atomic mass is 10.1. The number of phenols is 1. The highest BCUT2D eigenvalue weighted by molar-refractivity contribution is 6.34. The molecule has 8 nitrogen and oxygen atoms in total. The van der Waals surface area contributed by atoms with E-state index in [2.05, 4.69) is 17.2 Å². The summed E-state index contributed by atoms with van der Waals surface area (Å²) in [5.41, 5.74) is 7.17. The Morgan fingerprint density at radius 1 is 1.17 bits per heavy atom. The van der Waals surface area contributed by atoms with Crippen LogP contribution in [-0.2, 0) is 16.1 Å². The van der Waals surface area contributed by atoms with Crippen molar-refractivity contribution in [3.8, 4) is 5.75 Å². The van der Waals surface area contributed by atoms with Crippen LogP contribution in [0, 0.1) is 0 Å². The van der Waals surface area contributed by atoms with Gasteiger partial charge in [-0.1, -0.05) is 36.4 Å². The van der Waals surface area contributed by atoms with E-state index >= 15 is 0 Å². The summed E-state index contributed by atoms with van der Waals surface area (Å²) in [5.74, 6) is -2.45. The van der Waals surface area contributed by atoms with E-state index < -0.39 is 23.8 Å². The standard InChI is InChI=1S/C21H22ClN3O5/c1-12(24-11-13-3-2-4-15(26)9-13)14-5-6-16(17(22)10-14)20(28)25-18(21(29)30)7-8-19(23)27/h2-6,9-10,18,24,26H,1,7-8,11H2,(H2,23,27)(H,25,28)(H,29,30)/t18-/m0/s1. The molecule has 0 radical (unpaired) electrons. The normalized spacial score (nSPS) is 11.4. The molecule has 0 heterocycles. The van der Waals surface area contributed by atoms with Crippen molar-refractivity contribution in [3.05, 3.63) is 70.8 Å². The Morgan fingerprint density at radius 3 is 2.50 bits per heavy atom. The number of nitrogens with one attached hydrogen (secondary N) is 2. The molecule has 2 aromatic rings. The molecule has 0 aromatic heterocycles. The van der Waals surface area contributed by atoms with Crippen molar-refractivity contribution in [1.82, 2.24) is 10.6 Å². The van der Waals surface area contributed by atoms with Gasteiger partial charge in [-0.2, -0.15) is 0 Å². The Balaban J connectivity index is 2.04. The minimum Gasteiger partial charge on any atom is -0.508 e. The number of hydrogen-bond donors (Lipinski definition) is 5. The molecule has 2 aromatic carbocycles. The van der Waals surface area contributed by atoms with Gasteiger partial charge in [-0.25, -0.2) is 4.79 Å². The van der Waals surface area contributed by atoms with Crippen LogP contribution in [0.1, 0.15) is 34.3 Å². The van der Waals surface area contributed by atoms with Gasteiger partial charge in [-0.3, -0.25) is 9.59 Å². The zero-order valence-electron chi connectivity index (χ0n) is 16.0. The Hall–Kier alpha value is -3.52. The fraction of sp³-hybridized carbons (Fsp3) is 0.190. The highest BCUT2D eigenvalue weighted by Gasteiger charge is 2.22. The Morgan fingerprint density at radius 2 is 1.90 bits per heavy atom. The molecule has 2 rings (SSSR count). The minimum atomic E-state index is -1.28. The van der Waals surface area contributed by atoms with E-state index in [9.17, 15) is 24.6 Å². The maximum Gasteiger partial charge on any atom is 0.326 e. The van der Waals surface area contributed by atoms with Gasteiger partial charge in [0.05, 0.1) is 10.6 Å². The fourth-order valence-corrected chi connectivity index (χ4v) is 2.91. The maximum absolute atomic E-state index is 12.4. The summed E-state index contributed by atoms with van der Waals surface area (Å²) in [5, 5.41) is 24.3. The quantitative estimate of drug-likeness (QED) is 0.390. The van der Waals surface area contributed by atoms with E-state index in [4.69, 9.17) is 17.3 Å². The SMILES string of the molecule is C=C(NCc1cccc(O)c1)c1ccc(C(=O)N[C@@H](CCC(N)=O)C(=O)O)c(Cl)c1. The maximum atomic E-state index is 12.4. The third kappa shape index (κ3) is 6.52. The number of halogens is 1. The van der Waals surface area contributed by atoms with Gasteiger partial charge in [0.15, 0.2) is 0 Å². The molecule has 6 N–H and O–H groups in total. The number of amides is 2. The van der Waals surface area contributed by atoms with Gasteiger partial charge in [0.2, 0.25) is 5.91 Å². The monoisotopic (exact) mass is 431 g/mol. The Labute approximate surface area is 178 Å². The Kier molecular flexibility index (Phi) is 7.83. The molecule has 158 valence electrons. The average Bonchev–Trinajstić information content (AvgIpc) is 2.68. The van der Waals surface area contributed by atoms with Crippen molar-refractivity contribution in [2.75, 3.05) is 0 Å². The molecule has 0 aliphatic heterocycles. The van der Waals surface area contributed by atoms with Crippen molar-refractivity contribution < 1.29 is 24.6 Å². The molecular weight excluding hydrogens is 410 g/mol. The first-order valence-electron chi connectivity index (χ1n) is 9.00. The fourth-order valence-electron chi connectivity index (χ4n) is 2.64. The highest BCUT2D eigenvalue weighted by atomic mass is 35.5. The second kappa shape index (κ2) is 10.3. The van der Waals surface area contributed by atoms with Gasteiger partial charge in [0, 0.05) is 18.7 Å². The molecule has 0 aliphatic rings. The minimum absolute atomic E-state index is 0.0894. The van der Waals surface area contributed by atoms with Crippen molar-refractivity contribution in [1.29, 1.82) is 0 Å². The van der Waals surface area contributed by atoms with Gasteiger partial charge >= 0.3 is 5.97 Å². The van der Waals surface area contributed by atoms with Crippen LogP contribution in [0.25, 0.3) is 5.70 Å². The molecule has 0 aliphatic carbocycles. The summed E-state index contributed by atoms with van der Waals surface area (Å²) in [6.07, 6.45) is -0.295. The van der Waals surface area contributed by atoms with E-state index in [-0.39, 0.29) is 29.2 Å². The average molecular weight is 432 g/mol. The van der Waals surface area contributed by atoms with Crippen molar-refractivity contribution in [2.24, 2.45) is 5.73 Å². The molecule has 0 saturated carbocycles. The molecule has 2 amide bonds. The summed E-state index contributed by atoms with van der Waals surface area (Å²) in [6.45, 7) is 4.36. The van der Waals surface area contributed by atoms with E-state index in [1.165, 1.54) is 12.1 Å². The van der Waals surface area contributed by atoms with Crippen LogP contribution >= 0.6 is 11.6 Å². The number of benzene rings is 2. The van der Waals surface area contributed by atoms with Gasteiger partial charge in [-0.05, 0) is 41.8 Å². The summed E-state index contributed by atoms with van der Waals surface area (Å²) in [4.78, 5) is 34.6. The second-order valence-corrected chi connectivity index (χ2v) is 6.97. The zero-order valence-corrected chi connectivity index (χ0v) is 16.8. The highest BCUT2D eigenvalue weighted by Crippen LogP contribution is 2.22. The lowest BCUT2D eigenvalue weighted by Crippen LogP contribution is -2.41. The molecule has 9 heteroatoms. The van der Waals surface area contributed by atoms with E-state index in [0.29, 0.717) is 17.8 Å². The second-order valence-electron chi connectivity index (χ2n) is 6.57. The number of carboxylic acids is 1. The third-order valence-corrected chi connectivity index (χ3v) is 4.57. The number of carboxylic acid groups (broad SMARTS) is 1. The molecule has 0 fully saturated rings. The predicted molar refractivity (Wildman–Crippen MR) is 113 cm³/mol. The van der Waals surface area contributed by atoms with Crippen LogP contribution < -0.4 is 16.4 Å². The van der Waals surface area contributed by atoms with Crippen molar-refractivity contribution in [2.45, 2.75) is 25.4 Å². The lowest BCUT2D eigenvalue weighted by molar-refractivity contribution is -0.139. The molecule has 0 unspecified atom stereocenters. The first-order valence-corrected chi connectivity index (χ1v) is 9.37. The summed E-state index contributed by atoms with van der Waals surface area (Å²) in [7, 11) is 0. The van der Waals surface area contributed by atoms with Crippen molar-refractivity contribution in [3.63, 3.8) is 0 Å². The van der Waals surface area contributed by atoms with Crippen LogP contribution in [0.3, 0.4) is 0 Å². The van der Waals surface area contributed by atoms with Crippen LogP contribution in [0.2, 0.25) is 5.02 Å². The molecule has 0 saturated heterocycles. The van der Waals surface area contributed by atoms with E-state index in [1.807, 2.05) is 6.07 Å². The van der Waals surface area contributed by atoms with Crippen LogP contribution in [0.5, 0.6) is 5.75 Å². The van der Waals surface area contributed by atoms with Crippen molar-refractivity contribution >= 4 is 35.1 Å². The predicted octanol–water partition coefficient (Wildman–Crippen LogP) is 2.25. The number of carbonyl (C=O) groups excluding carboxylic acids is 2. The van der Waals surface area contributed by atoms with Crippen LogP contribution in [0.4, 0.5) is 0 Å². The summed E-state index contributed by atoms with van der Waals surface area (Å²) in [6, 6.07) is 10.1. The van der Waals surface area contributed by atoms with Gasteiger partial charge < -0.3 is 26.6 Å². The van der Waals surface area contributed by atoms with E-state index in [0.717, 1.165) is 5.56 Å². The number of nitrogens with two attached hydrogens (primary N) is 1. The summed E-state index contributed by atoms with van der Waals surface area (Å²) < 4.78 is 0. The molecule has 0 spiro atoms. The largest absolute Gasteiger partial charge is 0.508 e. The van der Waals surface area contributed by atoms with Gasteiger partial charge in [0.1, 0.15) is 11.8 Å². The zero-order chi connectivity index (χ0) is 22.3. The van der Waals surface area contributed by atoms with Gasteiger partial charge in [0.25, 0.3) is 5.91 Å². The number of aromatic hydroxyl groups is 1.